The monoisotopic (exact) mass is 265 g/mol. The van der Waals surface area contributed by atoms with Crippen LogP contribution in [0.1, 0.15) is 12.8 Å². The first-order valence-corrected chi connectivity index (χ1v) is 6.72. The van der Waals surface area contributed by atoms with E-state index in [4.69, 9.17) is 5.11 Å². The van der Waals surface area contributed by atoms with Gasteiger partial charge in [0, 0.05) is 19.5 Å². The second-order valence-corrected chi connectivity index (χ2v) is 5.91. The molecule has 0 radical (unpaired) electrons. The Bertz CT molecular complexity index is 404. The summed E-state index contributed by atoms with van der Waals surface area (Å²) in [4.78, 5) is 21.4. The van der Waals surface area contributed by atoms with Crippen molar-refractivity contribution in [2.45, 2.75) is 12.8 Å². The number of carbonyl (C=O) groups is 2. The molecule has 7 nitrogen and oxygen atoms in total. The Morgan fingerprint density at radius 3 is 2.65 bits per heavy atom. The number of ether oxygens (including phenoxy) is 1. The molecule has 17 heavy (non-hydrogen) atoms. The van der Waals surface area contributed by atoms with Crippen LogP contribution < -0.4 is 0 Å². The zero-order valence-electron chi connectivity index (χ0n) is 9.46. The molecule has 1 aliphatic rings. The highest BCUT2D eigenvalue weighted by atomic mass is 32.2. The minimum absolute atomic E-state index is 0.0513. The predicted octanol–water partition coefficient (Wildman–Crippen LogP) is -0.714. The van der Waals surface area contributed by atoms with Crippen LogP contribution in [0.2, 0.25) is 0 Å². The Labute approximate surface area is 99.4 Å². The molecular weight excluding hydrogens is 250 g/mol. The van der Waals surface area contributed by atoms with Gasteiger partial charge in [-0.15, -0.1) is 0 Å². The zero-order chi connectivity index (χ0) is 13.1. The molecule has 1 atom stereocenters. The highest BCUT2D eigenvalue weighted by molar-refractivity contribution is 7.89. The maximum atomic E-state index is 11.7. The number of hydrogen-bond donors (Lipinski definition) is 1. The van der Waals surface area contributed by atoms with Gasteiger partial charge in [0.2, 0.25) is 10.0 Å². The van der Waals surface area contributed by atoms with Crippen LogP contribution in [0.25, 0.3) is 0 Å². The van der Waals surface area contributed by atoms with Gasteiger partial charge in [0.15, 0.2) is 5.75 Å². The summed E-state index contributed by atoms with van der Waals surface area (Å²) in [6.45, 7) is 0.420. The summed E-state index contributed by atoms with van der Waals surface area (Å²) in [5.41, 5.74) is 0. The SMILES string of the molecule is COC(=O)CS(=O)(=O)N1CCC(CC(=O)O)C1. The molecule has 8 heteroatoms. The quantitative estimate of drug-likeness (QED) is 0.659. The van der Waals surface area contributed by atoms with Gasteiger partial charge in [0.05, 0.1) is 7.11 Å². The molecule has 1 rings (SSSR count). The summed E-state index contributed by atoms with van der Waals surface area (Å²) >= 11 is 0. The van der Waals surface area contributed by atoms with Gasteiger partial charge in [-0.3, -0.25) is 9.59 Å². The van der Waals surface area contributed by atoms with Crippen molar-refractivity contribution < 1.29 is 27.9 Å². The van der Waals surface area contributed by atoms with Crippen LogP contribution in [-0.4, -0.2) is 55.7 Å². The summed E-state index contributed by atoms with van der Waals surface area (Å²) in [6.07, 6.45) is 0.455. The molecule has 0 aliphatic carbocycles. The van der Waals surface area contributed by atoms with E-state index >= 15 is 0 Å². The van der Waals surface area contributed by atoms with Crippen LogP contribution >= 0.6 is 0 Å². The van der Waals surface area contributed by atoms with Gasteiger partial charge >= 0.3 is 11.9 Å². The molecular formula is C9H15NO6S. The van der Waals surface area contributed by atoms with Crippen LogP contribution in [0.3, 0.4) is 0 Å². The molecule has 0 aromatic heterocycles. The van der Waals surface area contributed by atoms with Crippen LogP contribution in [0, 0.1) is 5.92 Å². The summed E-state index contributed by atoms with van der Waals surface area (Å²) < 4.78 is 28.9. The molecule has 98 valence electrons. The fourth-order valence-corrected chi connectivity index (χ4v) is 3.18. The average molecular weight is 265 g/mol. The molecule has 0 aromatic carbocycles. The van der Waals surface area contributed by atoms with Crippen molar-refractivity contribution in [3.8, 4) is 0 Å². The Morgan fingerprint density at radius 1 is 1.47 bits per heavy atom. The molecule has 0 bridgehead atoms. The fraction of sp³-hybridized carbons (Fsp3) is 0.778. The van der Waals surface area contributed by atoms with Gasteiger partial charge in [-0.25, -0.2) is 12.7 Å². The molecule has 1 N–H and O–H groups in total. The third kappa shape index (κ3) is 3.97. The van der Waals surface area contributed by atoms with Gasteiger partial charge in [0.1, 0.15) is 0 Å². The Balaban J connectivity index is 2.58. The lowest BCUT2D eigenvalue weighted by Crippen LogP contribution is -2.34. The standard InChI is InChI=1S/C9H15NO6S/c1-16-9(13)6-17(14,15)10-3-2-7(5-10)4-8(11)12/h7H,2-6H2,1H3,(H,11,12). The normalized spacial score (nSPS) is 21.4. The van der Waals surface area contributed by atoms with Crippen molar-refractivity contribution in [2.24, 2.45) is 5.92 Å². The lowest BCUT2D eigenvalue weighted by Gasteiger charge is -2.15. The van der Waals surface area contributed by atoms with Gasteiger partial charge in [-0.1, -0.05) is 0 Å². The van der Waals surface area contributed by atoms with E-state index in [0.717, 1.165) is 11.4 Å². The maximum Gasteiger partial charge on any atom is 0.322 e. The topological polar surface area (TPSA) is 101 Å². The van der Waals surface area contributed by atoms with E-state index in [-0.39, 0.29) is 25.4 Å². The number of methoxy groups -OCH3 is 1. The van der Waals surface area contributed by atoms with E-state index in [1.165, 1.54) is 0 Å². The molecule has 1 saturated heterocycles. The van der Waals surface area contributed by atoms with Crippen molar-refractivity contribution in [1.29, 1.82) is 0 Å². The number of carboxylic acids is 1. The minimum atomic E-state index is -3.67. The number of carboxylic acid groups (broad SMARTS) is 1. The van der Waals surface area contributed by atoms with Gasteiger partial charge < -0.3 is 9.84 Å². The number of sulfonamides is 1. The smallest absolute Gasteiger partial charge is 0.322 e. The van der Waals surface area contributed by atoms with Crippen LogP contribution in [0.5, 0.6) is 0 Å². The number of carbonyl (C=O) groups excluding carboxylic acids is 1. The molecule has 0 saturated carbocycles. The van der Waals surface area contributed by atoms with Crippen LogP contribution in [-0.2, 0) is 24.3 Å². The van der Waals surface area contributed by atoms with Gasteiger partial charge in [-0.05, 0) is 12.3 Å². The summed E-state index contributed by atoms with van der Waals surface area (Å²) in [6, 6.07) is 0. The van der Waals surface area contributed by atoms with Gasteiger partial charge in [-0.2, -0.15) is 0 Å². The lowest BCUT2D eigenvalue weighted by atomic mass is 10.1. The summed E-state index contributed by atoms with van der Waals surface area (Å²) in [5.74, 6) is -2.63. The van der Waals surface area contributed by atoms with Crippen molar-refractivity contribution >= 4 is 22.0 Å². The van der Waals surface area contributed by atoms with E-state index in [1.54, 1.807) is 0 Å². The van der Waals surface area contributed by atoms with Crippen molar-refractivity contribution in [1.82, 2.24) is 4.31 Å². The molecule has 1 heterocycles. The van der Waals surface area contributed by atoms with E-state index < -0.39 is 27.7 Å². The average Bonchev–Trinajstić information content (AvgIpc) is 2.65. The summed E-state index contributed by atoms with van der Waals surface area (Å²) in [7, 11) is -2.55. The highest BCUT2D eigenvalue weighted by Gasteiger charge is 2.33. The fourth-order valence-electron chi connectivity index (χ4n) is 1.76. The number of rotatable bonds is 5. The van der Waals surface area contributed by atoms with Crippen molar-refractivity contribution in [3.63, 3.8) is 0 Å². The number of hydrogen-bond acceptors (Lipinski definition) is 5. The third-order valence-corrected chi connectivity index (χ3v) is 4.35. The minimum Gasteiger partial charge on any atom is -0.481 e. The number of esters is 1. The first-order chi connectivity index (χ1) is 7.85. The Hall–Kier alpha value is -1.15. The number of aliphatic carboxylic acids is 1. The van der Waals surface area contributed by atoms with E-state index in [0.29, 0.717) is 6.42 Å². The zero-order valence-corrected chi connectivity index (χ0v) is 10.3. The molecule has 0 spiro atoms. The van der Waals surface area contributed by atoms with E-state index in [9.17, 15) is 18.0 Å². The molecule has 0 aromatic rings. The molecule has 0 amide bonds. The molecule has 1 aliphatic heterocycles. The Kier molecular flexibility index (Phi) is 4.47. The van der Waals surface area contributed by atoms with Crippen molar-refractivity contribution in [2.75, 3.05) is 26.0 Å². The lowest BCUT2D eigenvalue weighted by molar-refractivity contribution is -0.138. The van der Waals surface area contributed by atoms with Crippen molar-refractivity contribution in [3.05, 3.63) is 0 Å². The molecule has 1 fully saturated rings. The predicted molar refractivity (Wildman–Crippen MR) is 57.7 cm³/mol. The van der Waals surface area contributed by atoms with Crippen LogP contribution in [0.15, 0.2) is 0 Å². The first kappa shape index (κ1) is 13.9. The Morgan fingerprint density at radius 2 is 2.12 bits per heavy atom. The van der Waals surface area contributed by atoms with E-state index in [1.807, 2.05) is 0 Å². The molecule has 1 unspecified atom stereocenters. The third-order valence-electron chi connectivity index (χ3n) is 2.63. The first-order valence-electron chi connectivity index (χ1n) is 5.11. The van der Waals surface area contributed by atoms with Crippen LogP contribution in [0.4, 0.5) is 0 Å². The second-order valence-electron chi connectivity index (χ2n) is 3.94. The maximum absolute atomic E-state index is 11.7. The van der Waals surface area contributed by atoms with Gasteiger partial charge in [0.25, 0.3) is 0 Å². The second kappa shape index (κ2) is 5.46. The highest BCUT2D eigenvalue weighted by Crippen LogP contribution is 2.22. The largest absolute Gasteiger partial charge is 0.481 e. The summed E-state index contributed by atoms with van der Waals surface area (Å²) in [5, 5.41) is 8.60. The van der Waals surface area contributed by atoms with E-state index in [2.05, 4.69) is 4.74 Å². The number of nitrogens with zero attached hydrogens (tertiary/aromatic N) is 1.